The molecule has 0 fully saturated rings. The highest BCUT2D eigenvalue weighted by atomic mass is 15.2. The fraction of sp³-hybridized carbons (Fsp3) is 0.357. The molecule has 1 unspecified atom stereocenters. The third-order valence-corrected chi connectivity index (χ3v) is 3.61. The zero-order valence-corrected chi connectivity index (χ0v) is 10.5. The Bertz CT molecular complexity index is 526. The second-order valence-electron chi connectivity index (χ2n) is 4.68. The summed E-state index contributed by atoms with van der Waals surface area (Å²) < 4.78 is 0. The van der Waals surface area contributed by atoms with Crippen molar-refractivity contribution in [2.45, 2.75) is 25.9 Å². The molecule has 1 atom stereocenters. The van der Waals surface area contributed by atoms with Gasteiger partial charge in [0.2, 0.25) is 0 Å². The Balaban J connectivity index is 1.80. The molecule has 1 aliphatic heterocycles. The molecular weight excluding hydrogens is 224 g/mol. The standard InChI is InChI=1S/C14H16N4/c1-11(12-3-2-5-15-7-12)18-6-4-14-13(9-18)8-16-10-17-14/h2-3,5,7-8,10-11H,4,6,9H2,1H3. The Labute approximate surface area is 107 Å². The summed E-state index contributed by atoms with van der Waals surface area (Å²) in [6.45, 7) is 4.19. The Morgan fingerprint density at radius 2 is 2.22 bits per heavy atom. The fourth-order valence-corrected chi connectivity index (χ4v) is 2.45. The van der Waals surface area contributed by atoms with Crippen LogP contribution >= 0.6 is 0 Å². The number of hydrogen-bond acceptors (Lipinski definition) is 4. The highest BCUT2D eigenvalue weighted by molar-refractivity contribution is 5.21. The van der Waals surface area contributed by atoms with Gasteiger partial charge in [-0.25, -0.2) is 9.97 Å². The third kappa shape index (κ3) is 2.11. The van der Waals surface area contributed by atoms with Crippen LogP contribution in [0.4, 0.5) is 0 Å². The van der Waals surface area contributed by atoms with Crippen LogP contribution in [0, 0.1) is 0 Å². The van der Waals surface area contributed by atoms with Crippen LogP contribution < -0.4 is 0 Å². The molecule has 92 valence electrons. The molecule has 2 aromatic rings. The molecule has 2 aromatic heterocycles. The van der Waals surface area contributed by atoms with Crippen molar-refractivity contribution in [2.75, 3.05) is 6.54 Å². The van der Waals surface area contributed by atoms with Crippen LogP contribution in [-0.4, -0.2) is 26.4 Å². The van der Waals surface area contributed by atoms with Gasteiger partial charge in [0.1, 0.15) is 6.33 Å². The molecule has 0 spiro atoms. The summed E-state index contributed by atoms with van der Waals surface area (Å²) in [6, 6.07) is 4.51. The average molecular weight is 240 g/mol. The SMILES string of the molecule is CC(c1cccnc1)N1CCc2ncncc2C1. The Morgan fingerprint density at radius 3 is 3.06 bits per heavy atom. The van der Waals surface area contributed by atoms with Crippen molar-refractivity contribution in [3.63, 3.8) is 0 Å². The van der Waals surface area contributed by atoms with Gasteiger partial charge in [-0.3, -0.25) is 9.88 Å². The van der Waals surface area contributed by atoms with E-state index in [1.165, 1.54) is 16.8 Å². The van der Waals surface area contributed by atoms with Crippen LogP contribution in [0.2, 0.25) is 0 Å². The predicted octanol–water partition coefficient (Wildman–Crippen LogP) is 1.99. The lowest BCUT2D eigenvalue weighted by molar-refractivity contribution is 0.190. The average Bonchev–Trinajstić information content (AvgIpc) is 2.47. The predicted molar refractivity (Wildman–Crippen MR) is 68.8 cm³/mol. The molecule has 1 aliphatic rings. The van der Waals surface area contributed by atoms with Gasteiger partial charge in [-0.2, -0.15) is 0 Å². The van der Waals surface area contributed by atoms with Crippen molar-refractivity contribution in [2.24, 2.45) is 0 Å². The molecular formula is C14H16N4. The van der Waals surface area contributed by atoms with E-state index < -0.39 is 0 Å². The van der Waals surface area contributed by atoms with Crippen molar-refractivity contribution >= 4 is 0 Å². The fourth-order valence-electron chi connectivity index (χ4n) is 2.45. The van der Waals surface area contributed by atoms with E-state index in [-0.39, 0.29) is 0 Å². The van der Waals surface area contributed by atoms with E-state index in [1.807, 2.05) is 24.7 Å². The maximum absolute atomic E-state index is 4.34. The number of fused-ring (bicyclic) bond motifs is 1. The second kappa shape index (κ2) is 4.82. The van der Waals surface area contributed by atoms with Crippen molar-refractivity contribution < 1.29 is 0 Å². The molecule has 4 heteroatoms. The largest absolute Gasteiger partial charge is 0.292 e. The molecule has 0 radical (unpaired) electrons. The summed E-state index contributed by atoms with van der Waals surface area (Å²) in [5, 5.41) is 0. The van der Waals surface area contributed by atoms with Gasteiger partial charge in [0.05, 0.1) is 0 Å². The number of hydrogen-bond donors (Lipinski definition) is 0. The molecule has 0 aliphatic carbocycles. The zero-order chi connectivity index (χ0) is 12.4. The minimum absolute atomic E-state index is 0.382. The topological polar surface area (TPSA) is 41.9 Å². The van der Waals surface area contributed by atoms with Crippen LogP contribution in [-0.2, 0) is 13.0 Å². The summed E-state index contributed by atoms with van der Waals surface area (Å²) in [6.07, 6.45) is 8.34. The summed E-state index contributed by atoms with van der Waals surface area (Å²) in [4.78, 5) is 15.1. The van der Waals surface area contributed by atoms with Crippen molar-refractivity contribution in [1.29, 1.82) is 0 Å². The van der Waals surface area contributed by atoms with Crippen LogP contribution in [0.5, 0.6) is 0 Å². The van der Waals surface area contributed by atoms with E-state index in [0.717, 1.165) is 19.5 Å². The lowest BCUT2D eigenvalue weighted by atomic mass is 10.0. The van der Waals surface area contributed by atoms with Gasteiger partial charge in [-0.05, 0) is 18.6 Å². The van der Waals surface area contributed by atoms with Crippen LogP contribution in [0.3, 0.4) is 0 Å². The van der Waals surface area contributed by atoms with Gasteiger partial charge in [0, 0.05) is 55.4 Å². The van der Waals surface area contributed by atoms with E-state index in [9.17, 15) is 0 Å². The van der Waals surface area contributed by atoms with Gasteiger partial charge in [0.25, 0.3) is 0 Å². The maximum atomic E-state index is 4.34. The number of rotatable bonds is 2. The molecule has 0 N–H and O–H groups in total. The first-order valence-corrected chi connectivity index (χ1v) is 6.26. The highest BCUT2D eigenvalue weighted by Crippen LogP contribution is 2.25. The van der Waals surface area contributed by atoms with Gasteiger partial charge in [0.15, 0.2) is 0 Å². The monoisotopic (exact) mass is 240 g/mol. The van der Waals surface area contributed by atoms with Crippen LogP contribution in [0.15, 0.2) is 37.1 Å². The minimum Gasteiger partial charge on any atom is -0.292 e. The zero-order valence-electron chi connectivity index (χ0n) is 10.5. The van der Waals surface area contributed by atoms with Crippen LogP contribution in [0.25, 0.3) is 0 Å². The molecule has 0 bridgehead atoms. The lowest BCUT2D eigenvalue weighted by Gasteiger charge is -2.33. The number of aromatic nitrogens is 3. The smallest absolute Gasteiger partial charge is 0.115 e. The summed E-state index contributed by atoms with van der Waals surface area (Å²) in [7, 11) is 0. The van der Waals surface area contributed by atoms with Crippen molar-refractivity contribution in [1.82, 2.24) is 19.9 Å². The molecule has 18 heavy (non-hydrogen) atoms. The first-order chi connectivity index (χ1) is 8.84. The first kappa shape index (κ1) is 11.3. The van der Waals surface area contributed by atoms with E-state index in [1.54, 1.807) is 6.33 Å². The minimum atomic E-state index is 0.382. The highest BCUT2D eigenvalue weighted by Gasteiger charge is 2.22. The summed E-state index contributed by atoms with van der Waals surface area (Å²) in [5.74, 6) is 0. The molecule has 3 rings (SSSR count). The van der Waals surface area contributed by atoms with Crippen LogP contribution in [0.1, 0.15) is 29.8 Å². The Kier molecular flexibility index (Phi) is 3.02. The molecule has 0 amide bonds. The molecule has 4 nitrogen and oxygen atoms in total. The maximum Gasteiger partial charge on any atom is 0.115 e. The molecule has 0 saturated carbocycles. The summed E-state index contributed by atoms with van der Waals surface area (Å²) >= 11 is 0. The van der Waals surface area contributed by atoms with Gasteiger partial charge < -0.3 is 0 Å². The third-order valence-electron chi connectivity index (χ3n) is 3.61. The van der Waals surface area contributed by atoms with Gasteiger partial charge in [-0.1, -0.05) is 6.07 Å². The normalized spacial score (nSPS) is 17.2. The Morgan fingerprint density at radius 1 is 1.28 bits per heavy atom. The number of nitrogens with zero attached hydrogens (tertiary/aromatic N) is 4. The van der Waals surface area contributed by atoms with E-state index in [4.69, 9.17) is 0 Å². The van der Waals surface area contributed by atoms with Crippen molar-refractivity contribution in [3.8, 4) is 0 Å². The first-order valence-electron chi connectivity index (χ1n) is 6.26. The van der Waals surface area contributed by atoms with Gasteiger partial charge >= 0.3 is 0 Å². The quantitative estimate of drug-likeness (QED) is 0.805. The second-order valence-corrected chi connectivity index (χ2v) is 4.68. The number of pyridine rings is 1. The van der Waals surface area contributed by atoms with E-state index in [0.29, 0.717) is 6.04 Å². The van der Waals surface area contributed by atoms with Gasteiger partial charge in [-0.15, -0.1) is 0 Å². The van der Waals surface area contributed by atoms with Crippen molar-refractivity contribution in [3.05, 3.63) is 53.9 Å². The van der Waals surface area contributed by atoms with E-state index >= 15 is 0 Å². The lowest BCUT2D eigenvalue weighted by Crippen LogP contribution is -2.33. The molecule has 3 heterocycles. The molecule has 0 saturated heterocycles. The van der Waals surface area contributed by atoms with E-state index in [2.05, 4.69) is 32.8 Å². The Hall–Kier alpha value is -1.81. The molecule has 0 aromatic carbocycles. The summed E-state index contributed by atoms with van der Waals surface area (Å²) in [5.41, 5.74) is 3.71.